The third-order valence-corrected chi connectivity index (χ3v) is 3.64. The average Bonchev–Trinajstić information content (AvgIpc) is 2.43. The molecule has 102 valence electrons. The minimum atomic E-state index is -0.475. The summed E-state index contributed by atoms with van der Waals surface area (Å²) in [5.41, 5.74) is 6.78. The molecule has 19 heavy (non-hydrogen) atoms. The minimum Gasteiger partial charge on any atom is -0.388 e. The summed E-state index contributed by atoms with van der Waals surface area (Å²) < 4.78 is 0. The predicted molar refractivity (Wildman–Crippen MR) is 80.9 cm³/mol. The van der Waals surface area contributed by atoms with E-state index in [0.29, 0.717) is 12.5 Å². The van der Waals surface area contributed by atoms with Gasteiger partial charge in [-0.15, -0.1) is 0 Å². The maximum absolute atomic E-state index is 10.5. The van der Waals surface area contributed by atoms with Crippen LogP contribution in [0.25, 0.3) is 10.8 Å². The van der Waals surface area contributed by atoms with Gasteiger partial charge in [-0.3, -0.25) is 0 Å². The van der Waals surface area contributed by atoms with Gasteiger partial charge in [-0.05, 0) is 41.3 Å². The second-order valence-electron chi connectivity index (χ2n) is 5.68. The van der Waals surface area contributed by atoms with Crippen molar-refractivity contribution in [3.05, 3.63) is 48.0 Å². The zero-order valence-electron chi connectivity index (χ0n) is 11.7. The van der Waals surface area contributed by atoms with Gasteiger partial charge < -0.3 is 10.8 Å². The van der Waals surface area contributed by atoms with Gasteiger partial charge in [0.1, 0.15) is 0 Å². The lowest BCUT2D eigenvalue weighted by Crippen LogP contribution is -2.23. The fourth-order valence-electron chi connectivity index (χ4n) is 2.62. The molecule has 2 rings (SSSR count). The van der Waals surface area contributed by atoms with Gasteiger partial charge in [0.2, 0.25) is 0 Å². The van der Waals surface area contributed by atoms with Crippen LogP contribution in [0, 0.1) is 11.8 Å². The standard InChI is InChI=1S/C17H23NO/c1-12(2)9-16(11-18)17(19)15-8-7-13-5-3-4-6-14(13)10-15/h3-8,10,12,16-17,19H,9,11,18H2,1-2H3. The van der Waals surface area contributed by atoms with Crippen LogP contribution in [0.2, 0.25) is 0 Å². The first kappa shape index (κ1) is 14.0. The SMILES string of the molecule is CC(C)CC(CN)C(O)c1ccc2ccccc2c1. The summed E-state index contributed by atoms with van der Waals surface area (Å²) in [6.07, 6.45) is 0.474. The molecule has 0 bridgehead atoms. The maximum atomic E-state index is 10.5. The highest BCUT2D eigenvalue weighted by atomic mass is 16.3. The second kappa shape index (κ2) is 6.18. The van der Waals surface area contributed by atoms with E-state index in [9.17, 15) is 5.11 Å². The number of hydrogen-bond acceptors (Lipinski definition) is 2. The van der Waals surface area contributed by atoms with Gasteiger partial charge >= 0.3 is 0 Å². The first-order valence-corrected chi connectivity index (χ1v) is 6.98. The quantitative estimate of drug-likeness (QED) is 0.861. The van der Waals surface area contributed by atoms with Gasteiger partial charge in [0.25, 0.3) is 0 Å². The molecule has 0 aromatic heterocycles. The number of benzene rings is 2. The van der Waals surface area contributed by atoms with Crippen LogP contribution in [0.15, 0.2) is 42.5 Å². The van der Waals surface area contributed by atoms with Gasteiger partial charge in [-0.1, -0.05) is 50.2 Å². The van der Waals surface area contributed by atoms with Crippen LogP contribution in [0.3, 0.4) is 0 Å². The van der Waals surface area contributed by atoms with Crippen molar-refractivity contribution in [2.24, 2.45) is 17.6 Å². The minimum absolute atomic E-state index is 0.126. The third kappa shape index (κ3) is 3.34. The van der Waals surface area contributed by atoms with Crippen LogP contribution >= 0.6 is 0 Å². The van der Waals surface area contributed by atoms with Crippen LogP contribution in [0.4, 0.5) is 0 Å². The lowest BCUT2D eigenvalue weighted by Gasteiger charge is -2.23. The molecular weight excluding hydrogens is 234 g/mol. The third-order valence-electron chi connectivity index (χ3n) is 3.64. The molecule has 0 saturated carbocycles. The molecule has 0 spiro atoms. The molecule has 2 aromatic carbocycles. The lowest BCUT2D eigenvalue weighted by atomic mass is 9.88. The van der Waals surface area contributed by atoms with Crippen LogP contribution < -0.4 is 5.73 Å². The van der Waals surface area contributed by atoms with Crippen LogP contribution in [0.5, 0.6) is 0 Å². The Balaban J connectivity index is 2.26. The smallest absolute Gasteiger partial charge is 0.0830 e. The zero-order valence-corrected chi connectivity index (χ0v) is 11.7. The number of nitrogens with two attached hydrogens (primary N) is 1. The number of hydrogen-bond donors (Lipinski definition) is 2. The molecule has 0 aliphatic heterocycles. The Morgan fingerprint density at radius 2 is 1.74 bits per heavy atom. The summed E-state index contributed by atoms with van der Waals surface area (Å²) in [5, 5.41) is 12.9. The molecule has 2 unspecified atom stereocenters. The van der Waals surface area contributed by atoms with Crippen molar-refractivity contribution in [1.29, 1.82) is 0 Å². The largest absolute Gasteiger partial charge is 0.388 e. The van der Waals surface area contributed by atoms with Crippen molar-refractivity contribution >= 4 is 10.8 Å². The highest BCUT2D eigenvalue weighted by Crippen LogP contribution is 2.28. The molecule has 0 heterocycles. The van der Waals surface area contributed by atoms with Crippen molar-refractivity contribution in [2.75, 3.05) is 6.54 Å². The summed E-state index contributed by atoms with van der Waals surface area (Å²) in [6.45, 7) is 4.84. The van der Waals surface area contributed by atoms with E-state index in [1.165, 1.54) is 10.8 Å². The predicted octanol–water partition coefficient (Wildman–Crippen LogP) is 3.49. The van der Waals surface area contributed by atoms with E-state index in [2.05, 4.69) is 38.1 Å². The van der Waals surface area contributed by atoms with E-state index in [1.807, 2.05) is 18.2 Å². The molecule has 2 heteroatoms. The molecule has 0 aliphatic carbocycles. The molecular formula is C17H23NO. The lowest BCUT2D eigenvalue weighted by molar-refractivity contribution is 0.0996. The average molecular weight is 257 g/mol. The van der Waals surface area contributed by atoms with E-state index in [1.54, 1.807) is 0 Å². The van der Waals surface area contributed by atoms with Crippen molar-refractivity contribution < 1.29 is 5.11 Å². The Labute approximate surface area is 115 Å². The monoisotopic (exact) mass is 257 g/mol. The van der Waals surface area contributed by atoms with Crippen molar-refractivity contribution in [2.45, 2.75) is 26.4 Å². The van der Waals surface area contributed by atoms with Gasteiger partial charge in [0.05, 0.1) is 6.10 Å². The molecule has 0 aliphatic rings. The first-order valence-electron chi connectivity index (χ1n) is 6.98. The Bertz CT molecular complexity index is 536. The highest BCUT2D eigenvalue weighted by molar-refractivity contribution is 5.83. The van der Waals surface area contributed by atoms with Gasteiger partial charge in [0.15, 0.2) is 0 Å². The summed E-state index contributed by atoms with van der Waals surface area (Å²) in [5.74, 6) is 0.671. The number of rotatable bonds is 5. The van der Waals surface area contributed by atoms with Gasteiger partial charge in [-0.2, -0.15) is 0 Å². The second-order valence-corrected chi connectivity index (χ2v) is 5.68. The van der Waals surface area contributed by atoms with E-state index < -0.39 is 6.10 Å². The molecule has 0 amide bonds. The maximum Gasteiger partial charge on any atom is 0.0830 e. The topological polar surface area (TPSA) is 46.2 Å². The van der Waals surface area contributed by atoms with Crippen molar-refractivity contribution in [1.82, 2.24) is 0 Å². The van der Waals surface area contributed by atoms with Crippen LogP contribution in [-0.4, -0.2) is 11.7 Å². The van der Waals surface area contributed by atoms with E-state index in [-0.39, 0.29) is 5.92 Å². The van der Waals surface area contributed by atoms with E-state index in [0.717, 1.165) is 12.0 Å². The zero-order chi connectivity index (χ0) is 13.8. The Hall–Kier alpha value is -1.38. The summed E-state index contributed by atoms with van der Waals surface area (Å²) >= 11 is 0. The van der Waals surface area contributed by atoms with Gasteiger partial charge in [-0.25, -0.2) is 0 Å². The number of fused-ring (bicyclic) bond motifs is 1. The molecule has 3 N–H and O–H groups in total. The number of aliphatic hydroxyl groups excluding tert-OH is 1. The summed E-state index contributed by atoms with van der Waals surface area (Å²) in [6, 6.07) is 14.4. The fraction of sp³-hybridized carbons (Fsp3) is 0.412. The fourth-order valence-corrected chi connectivity index (χ4v) is 2.62. The normalized spacial score (nSPS) is 14.8. The number of aliphatic hydroxyl groups is 1. The highest BCUT2D eigenvalue weighted by Gasteiger charge is 2.20. The molecule has 2 nitrogen and oxygen atoms in total. The molecule has 2 aromatic rings. The first-order chi connectivity index (χ1) is 9.11. The molecule has 2 atom stereocenters. The van der Waals surface area contributed by atoms with Crippen molar-refractivity contribution in [3.8, 4) is 0 Å². The van der Waals surface area contributed by atoms with Gasteiger partial charge in [0, 0.05) is 5.92 Å². The molecule has 0 saturated heterocycles. The van der Waals surface area contributed by atoms with Crippen molar-refractivity contribution in [3.63, 3.8) is 0 Å². The summed E-state index contributed by atoms with van der Waals surface area (Å²) in [4.78, 5) is 0. The van der Waals surface area contributed by atoms with E-state index >= 15 is 0 Å². The van der Waals surface area contributed by atoms with E-state index in [4.69, 9.17) is 5.73 Å². The van der Waals surface area contributed by atoms with Crippen LogP contribution in [-0.2, 0) is 0 Å². The molecule has 0 fully saturated rings. The Morgan fingerprint density at radius 1 is 1.05 bits per heavy atom. The molecule has 0 radical (unpaired) electrons. The summed E-state index contributed by atoms with van der Waals surface area (Å²) in [7, 11) is 0. The Morgan fingerprint density at radius 3 is 2.37 bits per heavy atom. The van der Waals surface area contributed by atoms with Crippen LogP contribution in [0.1, 0.15) is 31.9 Å². The Kier molecular flexibility index (Phi) is 4.56.